The third-order valence-electron chi connectivity index (χ3n) is 3.82. The smallest absolute Gasteiger partial charge is 0.410 e. The summed E-state index contributed by atoms with van der Waals surface area (Å²) in [6.07, 6.45) is 2.31. The Hall–Kier alpha value is -1.82. The number of rotatable bonds is 2. The normalized spacial score (nSPS) is 18.6. The van der Waals surface area contributed by atoms with Gasteiger partial charge in [0.2, 0.25) is 0 Å². The van der Waals surface area contributed by atoms with Crippen molar-refractivity contribution in [2.75, 3.05) is 13.1 Å². The van der Waals surface area contributed by atoms with Crippen molar-refractivity contribution in [2.45, 2.75) is 44.7 Å². The highest BCUT2D eigenvalue weighted by atomic mass is 35.5. The number of pyridine rings is 1. The van der Waals surface area contributed by atoms with Crippen LogP contribution < -0.4 is 0 Å². The molecule has 0 aromatic carbocycles. The molecule has 0 saturated carbocycles. The van der Waals surface area contributed by atoms with Crippen molar-refractivity contribution >= 4 is 28.9 Å². The third kappa shape index (κ3) is 3.27. The lowest BCUT2D eigenvalue weighted by Gasteiger charge is -2.24. The number of hydrogen-bond acceptors (Lipinski definition) is 4. The fraction of sp³-hybridized carbons (Fsp3) is 0.562. The Balaban J connectivity index is 1.83. The molecule has 0 aliphatic carbocycles. The molecule has 3 rings (SSSR count). The molecule has 1 saturated heterocycles. The number of ether oxygens (including phenoxy) is 1. The van der Waals surface area contributed by atoms with Crippen molar-refractivity contribution in [3.8, 4) is 0 Å². The molecule has 1 aliphatic heterocycles. The standard InChI is InChI=1S/C16H21ClN4O2/c1-16(2,3)23-15(22)20-8-6-11(10-20)21-13(9-17)19-12-5-4-7-18-14(12)21/h4-5,7,11H,6,8-10H2,1-3H3/t11-/m0/s1. The van der Waals surface area contributed by atoms with Crippen molar-refractivity contribution in [3.05, 3.63) is 24.2 Å². The van der Waals surface area contributed by atoms with Crippen LogP contribution in [0.1, 0.15) is 39.1 Å². The molecule has 1 atom stereocenters. The molecule has 3 heterocycles. The summed E-state index contributed by atoms with van der Waals surface area (Å²) in [6.45, 7) is 6.86. The molecule has 0 spiro atoms. The molecule has 0 bridgehead atoms. The van der Waals surface area contributed by atoms with Gasteiger partial charge in [0.1, 0.15) is 16.9 Å². The minimum Gasteiger partial charge on any atom is -0.444 e. The van der Waals surface area contributed by atoms with Gasteiger partial charge in [-0.05, 0) is 39.3 Å². The van der Waals surface area contributed by atoms with E-state index in [2.05, 4.69) is 14.5 Å². The lowest BCUT2D eigenvalue weighted by molar-refractivity contribution is 0.0289. The van der Waals surface area contributed by atoms with Gasteiger partial charge in [0, 0.05) is 19.3 Å². The first kappa shape index (κ1) is 16.1. The number of aromatic nitrogens is 3. The molecule has 0 N–H and O–H groups in total. The predicted octanol–water partition coefficient (Wildman–Crippen LogP) is 3.35. The molecule has 2 aromatic rings. The quantitative estimate of drug-likeness (QED) is 0.789. The second-order valence-corrected chi connectivity index (χ2v) is 7.01. The summed E-state index contributed by atoms with van der Waals surface area (Å²) in [5, 5.41) is 0. The third-order valence-corrected chi connectivity index (χ3v) is 4.06. The summed E-state index contributed by atoms with van der Waals surface area (Å²) in [5.74, 6) is 1.11. The summed E-state index contributed by atoms with van der Waals surface area (Å²) < 4.78 is 7.51. The van der Waals surface area contributed by atoms with E-state index in [4.69, 9.17) is 16.3 Å². The van der Waals surface area contributed by atoms with Gasteiger partial charge in [0.05, 0.1) is 11.9 Å². The van der Waals surface area contributed by atoms with E-state index >= 15 is 0 Å². The van der Waals surface area contributed by atoms with Crippen molar-refractivity contribution in [1.29, 1.82) is 0 Å². The molecule has 124 valence electrons. The fourth-order valence-corrected chi connectivity index (χ4v) is 3.09. The first-order chi connectivity index (χ1) is 10.9. The van der Waals surface area contributed by atoms with Crippen LogP contribution in [0.3, 0.4) is 0 Å². The van der Waals surface area contributed by atoms with Crippen molar-refractivity contribution in [1.82, 2.24) is 19.4 Å². The summed E-state index contributed by atoms with van der Waals surface area (Å²) in [4.78, 5) is 22.9. The van der Waals surface area contributed by atoms with Crippen LogP contribution in [0.4, 0.5) is 4.79 Å². The fourth-order valence-electron chi connectivity index (χ4n) is 2.90. The van der Waals surface area contributed by atoms with Gasteiger partial charge in [0.25, 0.3) is 0 Å². The number of hydrogen-bond donors (Lipinski definition) is 0. The SMILES string of the molecule is CC(C)(C)OC(=O)N1CC[C@H](n2c(CCl)nc3cccnc32)C1. The minimum absolute atomic E-state index is 0.121. The van der Waals surface area contributed by atoms with Gasteiger partial charge < -0.3 is 14.2 Å². The monoisotopic (exact) mass is 336 g/mol. The highest BCUT2D eigenvalue weighted by Gasteiger charge is 2.32. The zero-order valence-electron chi connectivity index (χ0n) is 13.6. The van der Waals surface area contributed by atoms with E-state index in [1.165, 1.54) is 0 Å². The van der Waals surface area contributed by atoms with Crippen LogP contribution in [0.25, 0.3) is 11.2 Å². The van der Waals surface area contributed by atoms with Crippen LogP contribution in [-0.4, -0.2) is 44.2 Å². The molecule has 1 aliphatic rings. The van der Waals surface area contributed by atoms with E-state index in [-0.39, 0.29) is 12.1 Å². The Morgan fingerprint density at radius 3 is 2.96 bits per heavy atom. The van der Waals surface area contributed by atoms with Crippen LogP contribution in [0.15, 0.2) is 18.3 Å². The molecular formula is C16H21ClN4O2. The topological polar surface area (TPSA) is 60.2 Å². The maximum absolute atomic E-state index is 12.2. The highest BCUT2D eigenvalue weighted by molar-refractivity contribution is 6.16. The largest absolute Gasteiger partial charge is 0.444 e. The van der Waals surface area contributed by atoms with E-state index in [1.807, 2.05) is 32.9 Å². The van der Waals surface area contributed by atoms with E-state index in [0.717, 1.165) is 23.4 Å². The first-order valence-corrected chi connectivity index (χ1v) is 8.28. The number of alkyl halides is 1. The molecule has 1 amide bonds. The molecule has 0 radical (unpaired) electrons. The number of likely N-dealkylation sites (tertiary alicyclic amines) is 1. The zero-order valence-corrected chi connectivity index (χ0v) is 14.4. The van der Waals surface area contributed by atoms with Crippen LogP contribution in [0.5, 0.6) is 0 Å². The van der Waals surface area contributed by atoms with Crippen molar-refractivity contribution < 1.29 is 9.53 Å². The number of nitrogens with zero attached hydrogens (tertiary/aromatic N) is 4. The maximum atomic E-state index is 12.2. The van der Waals surface area contributed by atoms with Gasteiger partial charge in [-0.1, -0.05) is 0 Å². The predicted molar refractivity (Wildman–Crippen MR) is 88.5 cm³/mol. The number of carbonyl (C=O) groups excluding carboxylic acids is 1. The Bertz CT molecular complexity index is 722. The molecule has 2 aromatic heterocycles. The summed E-state index contributed by atoms with van der Waals surface area (Å²) in [7, 11) is 0. The Morgan fingerprint density at radius 2 is 2.26 bits per heavy atom. The number of fused-ring (bicyclic) bond motifs is 1. The average molecular weight is 337 g/mol. The summed E-state index contributed by atoms with van der Waals surface area (Å²) in [5.41, 5.74) is 1.16. The van der Waals surface area contributed by atoms with Crippen molar-refractivity contribution in [3.63, 3.8) is 0 Å². The lowest BCUT2D eigenvalue weighted by Crippen LogP contribution is -2.35. The second-order valence-electron chi connectivity index (χ2n) is 6.75. The average Bonchev–Trinajstić information content (AvgIpc) is 3.09. The van der Waals surface area contributed by atoms with Crippen molar-refractivity contribution in [2.24, 2.45) is 0 Å². The Kier molecular flexibility index (Phi) is 4.19. The minimum atomic E-state index is -0.486. The van der Waals surface area contributed by atoms with Crippen LogP contribution in [-0.2, 0) is 10.6 Å². The van der Waals surface area contributed by atoms with Crippen LogP contribution in [0, 0.1) is 0 Å². The second kappa shape index (κ2) is 6.00. The Labute approximate surface area is 140 Å². The van der Waals surface area contributed by atoms with E-state index in [1.54, 1.807) is 11.1 Å². The number of carbonyl (C=O) groups is 1. The number of amides is 1. The van der Waals surface area contributed by atoms with Gasteiger partial charge in [-0.2, -0.15) is 0 Å². The van der Waals surface area contributed by atoms with Crippen LogP contribution >= 0.6 is 11.6 Å². The molecule has 0 unspecified atom stereocenters. The zero-order chi connectivity index (χ0) is 16.6. The summed E-state index contributed by atoms with van der Waals surface area (Å²) >= 11 is 6.05. The lowest BCUT2D eigenvalue weighted by atomic mass is 10.2. The van der Waals surface area contributed by atoms with Gasteiger partial charge in [0.15, 0.2) is 5.65 Å². The van der Waals surface area contributed by atoms with E-state index in [0.29, 0.717) is 19.0 Å². The molecule has 1 fully saturated rings. The van der Waals surface area contributed by atoms with Gasteiger partial charge in [-0.3, -0.25) is 0 Å². The highest BCUT2D eigenvalue weighted by Crippen LogP contribution is 2.28. The van der Waals surface area contributed by atoms with E-state index in [9.17, 15) is 4.79 Å². The Morgan fingerprint density at radius 1 is 1.48 bits per heavy atom. The molecule has 6 nitrogen and oxygen atoms in total. The molecule has 7 heteroatoms. The molecular weight excluding hydrogens is 316 g/mol. The maximum Gasteiger partial charge on any atom is 0.410 e. The van der Waals surface area contributed by atoms with Crippen LogP contribution in [0.2, 0.25) is 0 Å². The van der Waals surface area contributed by atoms with Gasteiger partial charge in [-0.15, -0.1) is 11.6 Å². The van der Waals surface area contributed by atoms with Gasteiger partial charge >= 0.3 is 6.09 Å². The number of imidazole rings is 1. The van der Waals surface area contributed by atoms with Gasteiger partial charge in [-0.25, -0.2) is 14.8 Å². The number of halogens is 1. The molecule has 23 heavy (non-hydrogen) atoms. The summed E-state index contributed by atoms with van der Waals surface area (Å²) in [6, 6.07) is 3.91. The first-order valence-electron chi connectivity index (χ1n) is 7.75. The van der Waals surface area contributed by atoms with E-state index < -0.39 is 5.60 Å².